The number of nitrogens with one attached hydrogen (secondary N) is 4. The van der Waals surface area contributed by atoms with E-state index in [1.807, 2.05) is 134 Å². The van der Waals surface area contributed by atoms with Gasteiger partial charge in [-0.25, -0.2) is 0 Å². The molecule has 2 aliphatic rings. The zero-order valence-electron chi connectivity index (χ0n) is 51.2. The number of carboxylic acids is 2. The van der Waals surface area contributed by atoms with Crippen molar-refractivity contribution in [1.29, 1.82) is 0 Å². The number of benzene rings is 4. The Morgan fingerprint density at radius 2 is 0.954 bits per heavy atom. The smallest absolute Gasteiger partial charge is 0.322 e. The van der Waals surface area contributed by atoms with Crippen LogP contribution in [0.15, 0.2) is 109 Å². The van der Waals surface area contributed by atoms with Crippen LogP contribution in [0, 0.1) is 17.8 Å². The van der Waals surface area contributed by atoms with Gasteiger partial charge in [0.15, 0.2) is 11.4 Å². The monoisotopic (exact) mass is 1190 g/mol. The van der Waals surface area contributed by atoms with Crippen LogP contribution in [0.4, 0.5) is 0 Å². The van der Waals surface area contributed by atoms with E-state index < -0.39 is 60.7 Å². The number of ether oxygens (including phenoxy) is 4. The maximum atomic E-state index is 13.7. The Balaban J connectivity index is 0.000000249. The topological polar surface area (TPSA) is 264 Å². The molecule has 2 unspecified atom stereocenters. The first kappa shape index (κ1) is 65.9. The minimum absolute atomic E-state index is 0.0304. The molecule has 6 aromatic rings. The Kier molecular flexibility index (Phi) is 24.8. The Morgan fingerprint density at radius 3 is 1.36 bits per heavy atom. The molecule has 2 aromatic heterocycles. The van der Waals surface area contributed by atoms with Crippen molar-refractivity contribution in [3.63, 3.8) is 0 Å². The molecule has 6 N–H and O–H groups in total. The summed E-state index contributed by atoms with van der Waals surface area (Å²) in [5, 5.41) is 38.3. The van der Waals surface area contributed by atoms with Crippen molar-refractivity contribution in [2.24, 2.45) is 17.8 Å². The van der Waals surface area contributed by atoms with Crippen LogP contribution in [0.3, 0.4) is 0 Å². The molecule has 0 bridgehead atoms. The largest absolute Gasteiger partial charge is 0.496 e. The van der Waals surface area contributed by atoms with Crippen LogP contribution in [-0.2, 0) is 32.4 Å². The van der Waals surface area contributed by atoms with Gasteiger partial charge in [-0.05, 0) is 104 Å². The number of hydrogen-bond donors (Lipinski definition) is 6. The summed E-state index contributed by atoms with van der Waals surface area (Å²) in [5.41, 5.74) is 5.44. The van der Waals surface area contributed by atoms with Crippen LogP contribution in [0.5, 0.6) is 23.0 Å². The Bertz CT molecular complexity index is 3230. The third-order valence-electron chi connectivity index (χ3n) is 15.4. The highest BCUT2D eigenvalue weighted by Gasteiger charge is 2.31. The molecule has 20 nitrogen and oxygen atoms in total. The normalized spacial score (nSPS) is 15.7. The zero-order chi connectivity index (χ0) is 62.4. The molecule has 8 rings (SSSR count). The van der Waals surface area contributed by atoms with Crippen LogP contribution >= 0.6 is 0 Å². The van der Waals surface area contributed by atoms with E-state index in [0.29, 0.717) is 55.0 Å². The van der Waals surface area contributed by atoms with Gasteiger partial charge >= 0.3 is 11.9 Å². The lowest BCUT2D eigenvalue weighted by molar-refractivity contribution is -0.138. The molecule has 4 aromatic carbocycles. The summed E-state index contributed by atoms with van der Waals surface area (Å²) in [4.78, 5) is 74.0. The number of methoxy groups -OCH3 is 2. The maximum Gasteiger partial charge on any atom is 0.322 e. The van der Waals surface area contributed by atoms with Crippen LogP contribution in [0.25, 0.3) is 22.5 Å². The average molecular weight is 1200 g/mol. The number of carboxylic acid groups (broad SMARTS) is 2. The fraction of sp³-hybridized carbons (Fsp3) is 0.463. The SMILES string of the molecule is COc1cccc(OCc2ccccc2)c1-c1cc(C(=O)N[C@H](CC(=O)NCC(=O)O)CC(C)C)nn1C1CCCC(C)C1.COc1cccc(OCc2ccccc2)c1-c1cc(C(=O)N[C@H](CC(=O)NCC(=O)O)CC(C)C)nn1C1CCCCC1. The minimum atomic E-state index is -1.12. The maximum absolute atomic E-state index is 13.7. The number of amides is 4. The number of hydrogen-bond acceptors (Lipinski definition) is 12. The molecule has 2 aliphatic carbocycles. The number of carbonyl (C=O) groups excluding carboxylic acids is 4. The number of carbonyl (C=O) groups is 6. The molecule has 2 fully saturated rings. The summed E-state index contributed by atoms with van der Waals surface area (Å²) >= 11 is 0. The van der Waals surface area contributed by atoms with E-state index in [9.17, 15) is 28.8 Å². The summed E-state index contributed by atoms with van der Waals surface area (Å²) < 4.78 is 28.1. The van der Waals surface area contributed by atoms with Crippen LogP contribution in [0.1, 0.15) is 162 Å². The lowest BCUT2D eigenvalue weighted by Gasteiger charge is -2.29. The number of aliphatic carboxylic acids is 2. The van der Waals surface area contributed by atoms with E-state index in [1.165, 1.54) is 6.42 Å². The third-order valence-corrected chi connectivity index (χ3v) is 15.4. The second-order valence-electron chi connectivity index (χ2n) is 23.5. The molecule has 0 aliphatic heterocycles. The number of aromatic nitrogens is 4. The van der Waals surface area contributed by atoms with Crippen molar-refractivity contribution in [3.05, 3.63) is 132 Å². The average Bonchev–Trinajstić information content (AvgIpc) is 4.26. The summed E-state index contributed by atoms with van der Waals surface area (Å²) in [5.74, 6) is -0.515. The number of nitrogens with zero attached hydrogens (tertiary/aromatic N) is 4. The van der Waals surface area contributed by atoms with Crippen molar-refractivity contribution in [3.8, 4) is 45.5 Å². The summed E-state index contributed by atoms with van der Waals surface area (Å²) in [7, 11) is 3.23. The second-order valence-corrected chi connectivity index (χ2v) is 23.5. The van der Waals surface area contributed by atoms with Crippen molar-refractivity contribution in [1.82, 2.24) is 40.8 Å². The van der Waals surface area contributed by atoms with E-state index in [-0.39, 0.29) is 48.1 Å². The first-order valence-electron chi connectivity index (χ1n) is 30.3. The van der Waals surface area contributed by atoms with Gasteiger partial charge in [-0.15, -0.1) is 0 Å². The van der Waals surface area contributed by atoms with E-state index in [1.54, 1.807) is 26.4 Å². The summed E-state index contributed by atoms with van der Waals surface area (Å²) in [6, 6.07) is 33.9. The predicted octanol–water partition coefficient (Wildman–Crippen LogP) is 11.0. The Morgan fingerprint density at radius 1 is 0.540 bits per heavy atom. The summed E-state index contributed by atoms with van der Waals surface area (Å²) in [6.07, 6.45) is 10.4. The lowest BCUT2D eigenvalue weighted by atomic mass is 9.87. The van der Waals surface area contributed by atoms with E-state index >= 15 is 0 Å². The van der Waals surface area contributed by atoms with Gasteiger partial charge < -0.3 is 50.4 Å². The molecular weight excluding hydrogens is 1110 g/mol. The van der Waals surface area contributed by atoms with Gasteiger partial charge in [0.05, 0.1) is 48.8 Å². The molecule has 0 saturated heterocycles. The third kappa shape index (κ3) is 19.7. The summed E-state index contributed by atoms with van der Waals surface area (Å²) in [6.45, 7) is 10.1. The molecule has 0 radical (unpaired) electrons. The van der Waals surface area contributed by atoms with Gasteiger partial charge in [0.1, 0.15) is 49.3 Å². The molecule has 0 spiro atoms. The molecule has 4 atom stereocenters. The van der Waals surface area contributed by atoms with E-state index in [4.69, 9.17) is 39.4 Å². The number of rotatable bonds is 28. The van der Waals surface area contributed by atoms with Gasteiger partial charge in [0.25, 0.3) is 11.8 Å². The predicted molar refractivity (Wildman–Crippen MR) is 331 cm³/mol. The first-order chi connectivity index (χ1) is 41.9. The molecule has 466 valence electrons. The van der Waals surface area contributed by atoms with Gasteiger partial charge in [0.2, 0.25) is 11.8 Å². The fourth-order valence-electron chi connectivity index (χ4n) is 11.5. The van der Waals surface area contributed by atoms with Crippen molar-refractivity contribution in [2.75, 3.05) is 27.3 Å². The minimum Gasteiger partial charge on any atom is -0.496 e. The quantitative estimate of drug-likeness (QED) is 0.0267. The van der Waals surface area contributed by atoms with Gasteiger partial charge in [0, 0.05) is 24.9 Å². The second kappa shape index (κ2) is 32.7. The van der Waals surface area contributed by atoms with Crippen molar-refractivity contribution >= 4 is 35.6 Å². The highest BCUT2D eigenvalue weighted by atomic mass is 16.5. The van der Waals surface area contributed by atoms with E-state index in [0.717, 1.165) is 85.0 Å². The zero-order valence-corrected chi connectivity index (χ0v) is 51.2. The lowest BCUT2D eigenvalue weighted by Crippen LogP contribution is -2.41. The first-order valence-corrected chi connectivity index (χ1v) is 30.3. The van der Waals surface area contributed by atoms with Crippen LogP contribution < -0.4 is 40.2 Å². The van der Waals surface area contributed by atoms with E-state index in [2.05, 4.69) is 28.2 Å². The highest BCUT2D eigenvalue weighted by Crippen LogP contribution is 2.44. The highest BCUT2D eigenvalue weighted by molar-refractivity contribution is 5.96. The van der Waals surface area contributed by atoms with Crippen LogP contribution in [0.2, 0.25) is 0 Å². The van der Waals surface area contributed by atoms with Gasteiger partial charge in [-0.2, -0.15) is 10.2 Å². The van der Waals surface area contributed by atoms with Crippen molar-refractivity contribution < 1.29 is 57.9 Å². The fourth-order valence-corrected chi connectivity index (χ4v) is 11.5. The van der Waals surface area contributed by atoms with Gasteiger partial charge in [-0.1, -0.05) is 140 Å². The van der Waals surface area contributed by atoms with Crippen LogP contribution in [-0.4, -0.2) is 105 Å². The standard InChI is InChI=1S/C34H44N4O6.C33H42N4O6/c1-22(2)16-25(18-31(39)35-20-32(40)41)36-34(42)27-19-28(38(37-27)26-13-8-10-23(3)17-26)33-29(43-4)14-9-15-30(33)44-21-24-11-6-5-7-12-24;1-22(2)17-24(18-30(38)34-20-31(39)40)35-33(41)26-19-27(37(36-26)25-13-8-5-9-14-25)32-28(42-3)15-10-16-29(32)43-21-23-11-6-4-7-12-23/h5-7,9,11-12,14-15,19,22-23,25-26H,8,10,13,16-18,20-21H2,1-4H3,(H,35,39)(H,36,42)(H,40,41);4,6-7,10-12,15-16,19,22,24-25H,5,8-9,13-14,17-18,20-21H2,1-3H3,(H,34,38)(H,35,41)(H,39,40)/t23?,25-,26?;24-/m00/s1. The molecule has 2 heterocycles. The van der Waals surface area contributed by atoms with Gasteiger partial charge in [-0.3, -0.25) is 38.1 Å². The molecule has 2 saturated carbocycles. The molecule has 4 amide bonds. The Labute approximate surface area is 510 Å². The molecule has 20 heteroatoms. The Hall–Kier alpha value is -8.68. The molecular formula is C67H86N8O12. The molecule has 87 heavy (non-hydrogen) atoms. The van der Waals surface area contributed by atoms with Crippen molar-refractivity contribution in [2.45, 2.75) is 155 Å².